The summed E-state index contributed by atoms with van der Waals surface area (Å²) in [7, 11) is 0. The molecule has 23 heavy (non-hydrogen) atoms. The van der Waals surface area contributed by atoms with E-state index in [1.807, 2.05) is 0 Å². The Balaban J connectivity index is 1.43. The van der Waals surface area contributed by atoms with Gasteiger partial charge in [0.2, 0.25) is 0 Å². The van der Waals surface area contributed by atoms with Crippen LogP contribution >= 0.6 is 0 Å². The third-order valence-corrected chi connectivity index (χ3v) is 6.04. The second-order valence-corrected chi connectivity index (χ2v) is 7.05. The van der Waals surface area contributed by atoms with Gasteiger partial charge in [0.25, 0.3) is 11.8 Å². The number of rotatable bonds is 2. The number of fused-ring (bicyclic) bond motifs is 3. The molecule has 1 N–H and O–H groups in total. The molecule has 0 unspecified atom stereocenters. The number of hydrogen-bond acceptors (Lipinski definition) is 4. The Labute approximate surface area is 133 Å². The molecule has 5 nitrogen and oxygen atoms in total. The van der Waals surface area contributed by atoms with Gasteiger partial charge in [-0.15, -0.1) is 0 Å². The van der Waals surface area contributed by atoms with Crippen molar-refractivity contribution in [3.05, 3.63) is 42.0 Å². The molecule has 1 spiro atoms. The van der Waals surface area contributed by atoms with E-state index >= 15 is 0 Å². The molecule has 0 radical (unpaired) electrons. The lowest BCUT2D eigenvalue weighted by atomic mass is 9.85. The minimum Gasteiger partial charge on any atom is -0.508 e. The standard InChI is InChI=1S/C18H16N2O3/c21-11-3-1-10(2-4-11)9-19-20-16(22)14-12-5-6-13(15(14)17(20)23)18(12)7-8-18/h1-6,9,12-15,21H,7-8H2/b19-9-/t12-,13+,14-,15-/m0/s1. The van der Waals surface area contributed by atoms with Gasteiger partial charge in [0.05, 0.1) is 18.1 Å². The fourth-order valence-electron chi connectivity index (χ4n) is 4.86. The maximum atomic E-state index is 12.7. The van der Waals surface area contributed by atoms with Crippen LogP contribution in [0.15, 0.2) is 41.5 Å². The van der Waals surface area contributed by atoms with Crippen LogP contribution in [-0.4, -0.2) is 28.1 Å². The predicted molar refractivity (Wildman–Crippen MR) is 82.3 cm³/mol. The summed E-state index contributed by atoms with van der Waals surface area (Å²) in [6, 6.07) is 6.47. The average Bonchev–Trinajstić information content (AvgIpc) is 3.15. The molecule has 4 atom stereocenters. The quantitative estimate of drug-likeness (QED) is 0.515. The molecule has 2 bridgehead atoms. The van der Waals surface area contributed by atoms with E-state index in [-0.39, 0.29) is 46.7 Å². The van der Waals surface area contributed by atoms with Gasteiger partial charge in [0.1, 0.15) is 5.75 Å². The fourth-order valence-corrected chi connectivity index (χ4v) is 4.86. The van der Waals surface area contributed by atoms with Gasteiger partial charge in [-0.2, -0.15) is 10.1 Å². The normalized spacial score (nSPS) is 35.7. The predicted octanol–water partition coefficient (Wildman–Crippen LogP) is 1.92. The third kappa shape index (κ3) is 1.54. The van der Waals surface area contributed by atoms with Crippen molar-refractivity contribution in [2.24, 2.45) is 34.2 Å². The van der Waals surface area contributed by atoms with Crippen molar-refractivity contribution >= 4 is 18.0 Å². The van der Waals surface area contributed by atoms with Gasteiger partial charge in [-0.1, -0.05) is 12.2 Å². The Kier molecular flexibility index (Phi) is 2.33. The lowest BCUT2D eigenvalue weighted by molar-refractivity contribution is -0.141. The number of benzene rings is 1. The SMILES string of the molecule is O=C1[C@@H]2[C@@H](C(=O)N1/N=C\c1ccc(O)cc1)[C@@H]1C=C[C@H]2C12CC2. The third-order valence-electron chi connectivity index (χ3n) is 6.04. The summed E-state index contributed by atoms with van der Waals surface area (Å²) in [6.45, 7) is 0. The molecule has 1 aromatic carbocycles. The summed E-state index contributed by atoms with van der Waals surface area (Å²) in [4.78, 5) is 25.4. The molecule has 4 aliphatic rings. The lowest BCUT2D eigenvalue weighted by Crippen LogP contribution is -2.30. The highest BCUT2D eigenvalue weighted by Crippen LogP contribution is 2.73. The summed E-state index contributed by atoms with van der Waals surface area (Å²) < 4.78 is 0. The smallest absolute Gasteiger partial charge is 0.254 e. The number of nitrogens with zero attached hydrogens (tertiary/aromatic N) is 2. The zero-order valence-corrected chi connectivity index (χ0v) is 12.4. The maximum Gasteiger partial charge on any atom is 0.254 e. The van der Waals surface area contributed by atoms with Crippen LogP contribution in [0.1, 0.15) is 18.4 Å². The molecule has 116 valence electrons. The van der Waals surface area contributed by atoms with Crippen LogP contribution in [0.2, 0.25) is 0 Å². The number of amides is 2. The highest BCUT2D eigenvalue weighted by atomic mass is 16.3. The minimum absolute atomic E-state index is 0.154. The molecule has 5 rings (SSSR count). The second kappa shape index (κ2) is 4.10. The zero-order valence-electron chi connectivity index (χ0n) is 12.4. The first-order chi connectivity index (χ1) is 11.1. The molecule has 1 aliphatic heterocycles. The Hall–Kier alpha value is -2.43. The van der Waals surface area contributed by atoms with Gasteiger partial charge in [0, 0.05) is 0 Å². The summed E-state index contributed by atoms with van der Waals surface area (Å²) in [5, 5.41) is 14.5. The van der Waals surface area contributed by atoms with Gasteiger partial charge in [-0.05, 0) is 59.9 Å². The van der Waals surface area contributed by atoms with E-state index in [4.69, 9.17) is 0 Å². The molecular formula is C18H16N2O3. The number of phenolic OH excluding ortho intramolecular Hbond substituents is 1. The average molecular weight is 308 g/mol. The number of carbonyl (C=O) groups is 2. The van der Waals surface area contributed by atoms with E-state index in [9.17, 15) is 14.7 Å². The van der Waals surface area contributed by atoms with E-state index < -0.39 is 0 Å². The molecular weight excluding hydrogens is 292 g/mol. The first-order valence-corrected chi connectivity index (χ1v) is 8.01. The van der Waals surface area contributed by atoms with Crippen LogP contribution in [0.3, 0.4) is 0 Å². The monoisotopic (exact) mass is 308 g/mol. The first kappa shape index (κ1) is 13.0. The highest BCUT2D eigenvalue weighted by molar-refractivity contribution is 6.07. The van der Waals surface area contributed by atoms with Crippen LogP contribution in [0.25, 0.3) is 0 Å². The summed E-state index contributed by atoms with van der Waals surface area (Å²) in [5.74, 6) is -0.113. The van der Waals surface area contributed by atoms with E-state index in [1.165, 1.54) is 6.21 Å². The fraction of sp³-hybridized carbons (Fsp3) is 0.389. The van der Waals surface area contributed by atoms with Crippen molar-refractivity contribution in [1.82, 2.24) is 5.01 Å². The molecule has 0 aromatic heterocycles. The van der Waals surface area contributed by atoms with E-state index in [0.29, 0.717) is 0 Å². The molecule has 1 saturated heterocycles. The summed E-state index contributed by atoms with van der Waals surface area (Å²) >= 11 is 0. The molecule has 3 aliphatic carbocycles. The van der Waals surface area contributed by atoms with Crippen molar-refractivity contribution in [1.29, 1.82) is 0 Å². The Morgan fingerprint density at radius 3 is 2.13 bits per heavy atom. The number of aromatic hydroxyl groups is 1. The van der Waals surface area contributed by atoms with Crippen molar-refractivity contribution in [3.8, 4) is 5.75 Å². The summed E-state index contributed by atoms with van der Waals surface area (Å²) in [6.07, 6.45) is 8.08. The van der Waals surface area contributed by atoms with Crippen LogP contribution in [0.4, 0.5) is 0 Å². The molecule has 1 aromatic rings. The molecule has 3 fully saturated rings. The number of imide groups is 1. The number of hydrogen-bond donors (Lipinski definition) is 1. The van der Waals surface area contributed by atoms with Crippen LogP contribution in [-0.2, 0) is 9.59 Å². The van der Waals surface area contributed by atoms with E-state index in [1.54, 1.807) is 24.3 Å². The summed E-state index contributed by atoms with van der Waals surface area (Å²) in [5.41, 5.74) is 0.952. The van der Waals surface area contributed by atoms with Gasteiger partial charge >= 0.3 is 0 Å². The Morgan fingerprint density at radius 1 is 1.04 bits per heavy atom. The Morgan fingerprint density at radius 2 is 1.61 bits per heavy atom. The maximum absolute atomic E-state index is 12.7. The minimum atomic E-state index is -0.211. The van der Waals surface area contributed by atoms with Crippen LogP contribution < -0.4 is 0 Å². The van der Waals surface area contributed by atoms with Gasteiger partial charge in [-0.3, -0.25) is 9.59 Å². The van der Waals surface area contributed by atoms with Crippen molar-refractivity contribution < 1.29 is 14.7 Å². The van der Waals surface area contributed by atoms with Crippen molar-refractivity contribution in [2.75, 3.05) is 0 Å². The zero-order chi connectivity index (χ0) is 15.8. The van der Waals surface area contributed by atoms with Gasteiger partial charge < -0.3 is 5.11 Å². The van der Waals surface area contributed by atoms with Crippen LogP contribution in [0.5, 0.6) is 5.75 Å². The van der Waals surface area contributed by atoms with Gasteiger partial charge in [0.15, 0.2) is 0 Å². The second-order valence-electron chi connectivity index (χ2n) is 7.05. The molecule has 1 heterocycles. The van der Waals surface area contributed by atoms with Crippen LogP contribution in [0, 0.1) is 29.1 Å². The van der Waals surface area contributed by atoms with E-state index in [2.05, 4.69) is 17.3 Å². The van der Waals surface area contributed by atoms with Crippen molar-refractivity contribution in [3.63, 3.8) is 0 Å². The van der Waals surface area contributed by atoms with Gasteiger partial charge in [-0.25, -0.2) is 0 Å². The number of hydrazone groups is 1. The lowest BCUT2D eigenvalue weighted by Gasteiger charge is -2.18. The highest BCUT2D eigenvalue weighted by Gasteiger charge is 2.73. The van der Waals surface area contributed by atoms with E-state index in [0.717, 1.165) is 23.4 Å². The molecule has 2 amide bonds. The largest absolute Gasteiger partial charge is 0.508 e. The number of phenols is 1. The number of allylic oxidation sites excluding steroid dienone is 2. The molecule has 2 saturated carbocycles. The molecule has 5 heteroatoms. The first-order valence-electron chi connectivity index (χ1n) is 8.01. The Bertz CT molecular complexity index is 742. The number of carbonyl (C=O) groups excluding carboxylic acids is 2. The topological polar surface area (TPSA) is 70.0 Å². The van der Waals surface area contributed by atoms with Crippen molar-refractivity contribution in [2.45, 2.75) is 12.8 Å².